The summed E-state index contributed by atoms with van der Waals surface area (Å²) in [6.07, 6.45) is 2.40. The Kier molecular flexibility index (Phi) is 4.73. The fraction of sp³-hybridized carbons (Fsp3) is 0.692. The van der Waals surface area contributed by atoms with E-state index in [1.165, 1.54) is 0 Å². The first-order valence-corrected chi connectivity index (χ1v) is 6.07. The SMILES string of the molecule is CCOC(=O)[C@@H]1C(C)=C/C(=N/O)C[C@@H]1C(C)C. The van der Waals surface area contributed by atoms with Crippen LogP contribution in [0.1, 0.15) is 34.1 Å². The van der Waals surface area contributed by atoms with Gasteiger partial charge >= 0.3 is 5.97 Å². The molecule has 0 fully saturated rings. The maximum Gasteiger partial charge on any atom is 0.313 e. The van der Waals surface area contributed by atoms with E-state index in [9.17, 15) is 4.79 Å². The standard InChI is InChI=1S/C13H21NO3/c1-5-17-13(15)12-9(4)6-10(14-16)7-11(12)8(2)3/h6,8,11-12,16H,5,7H2,1-4H3/b14-10-/t11-,12-/m1/s1. The van der Waals surface area contributed by atoms with Gasteiger partial charge < -0.3 is 9.94 Å². The molecule has 1 N–H and O–H groups in total. The van der Waals surface area contributed by atoms with Crippen molar-refractivity contribution in [3.63, 3.8) is 0 Å². The molecule has 0 saturated carbocycles. The quantitative estimate of drug-likeness (QED) is 0.468. The predicted molar refractivity (Wildman–Crippen MR) is 66.0 cm³/mol. The Morgan fingerprint density at radius 1 is 1.65 bits per heavy atom. The number of oxime groups is 1. The number of nitrogens with zero attached hydrogens (tertiary/aromatic N) is 1. The van der Waals surface area contributed by atoms with Gasteiger partial charge in [0.2, 0.25) is 0 Å². The van der Waals surface area contributed by atoms with Gasteiger partial charge in [0.05, 0.1) is 18.2 Å². The average molecular weight is 239 g/mol. The summed E-state index contributed by atoms with van der Waals surface area (Å²) in [6.45, 7) is 8.25. The Hall–Kier alpha value is -1.32. The summed E-state index contributed by atoms with van der Waals surface area (Å²) in [5, 5.41) is 12.1. The summed E-state index contributed by atoms with van der Waals surface area (Å²) < 4.78 is 5.12. The van der Waals surface area contributed by atoms with E-state index in [0.29, 0.717) is 24.7 Å². The van der Waals surface area contributed by atoms with E-state index in [4.69, 9.17) is 9.94 Å². The number of hydrogen-bond donors (Lipinski definition) is 1. The molecular formula is C13H21NO3. The van der Waals surface area contributed by atoms with Crippen molar-refractivity contribution in [3.8, 4) is 0 Å². The van der Waals surface area contributed by atoms with E-state index in [0.717, 1.165) is 5.57 Å². The number of carbonyl (C=O) groups is 1. The van der Waals surface area contributed by atoms with Crippen LogP contribution in [0.2, 0.25) is 0 Å². The van der Waals surface area contributed by atoms with Crippen LogP contribution in [0.5, 0.6) is 0 Å². The first-order chi connectivity index (χ1) is 8.01. The fourth-order valence-electron chi connectivity index (χ4n) is 2.39. The van der Waals surface area contributed by atoms with Gasteiger partial charge in [-0.3, -0.25) is 4.79 Å². The number of allylic oxidation sites excluding steroid dienone is 1. The molecule has 0 aromatic heterocycles. The van der Waals surface area contributed by atoms with Crippen molar-refractivity contribution in [2.45, 2.75) is 34.1 Å². The zero-order valence-corrected chi connectivity index (χ0v) is 10.9. The molecule has 0 aromatic carbocycles. The lowest BCUT2D eigenvalue weighted by Crippen LogP contribution is -2.34. The topological polar surface area (TPSA) is 58.9 Å². The van der Waals surface area contributed by atoms with Gasteiger partial charge in [-0.05, 0) is 38.2 Å². The summed E-state index contributed by atoms with van der Waals surface area (Å²) in [7, 11) is 0. The van der Waals surface area contributed by atoms with Crippen molar-refractivity contribution in [1.82, 2.24) is 0 Å². The van der Waals surface area contributed by atoms with Crippen LogP contribution >= 0.6 is 0 Å². The summed E-state index contributed by atoms with van der Waals surface area (Å²) in [4.78, 5) is 12.0. The van der Waals surface area contributed by atoms with Gasteiger partial charge in [-0.2, -0.15) is 0 Å². The average Bonchev–Trinajstić information content (AvgIpc) is 2.27. The molecule has 1 aliphatic rings. The molecule has 0 heterocycles. The summed E-state index contributed by atoms with van der Waals surface area (Å²) in [5.74, 6) is 0.104. The summed E-state index contributed by atoms with van der Waals surface area (Å²) >= 11 is 0. The van der Waals surface area contributed by atoms with Crippen LogP contribution in [0.15, 0.2) is 16.8 Å². The van der Waals surface area contributed by atoms with Gasteiger partial charge in [0.15, 0.2) is 0 Å². The normalized spacial score (nSPS) is 27.1. The maximum atomic E-state index is 12.0. The van der Waals surface area contributed by atoms with Gasteiger partial charge in [-0.25, -0.2) is 0 Å². The molecule has 4 heteroatoms. The van der Waals surface area contributed by atoms with E-state index >= 15 is 0 Å². The Morgan fingerprint density at radius 2 is 2.29 bits per heavy atom. The molecular weight excluding hydrogens is 218 g/mol. The van der Waals surface area contributed by atoms with E-state index in [-0.39, 0.29) is 17.8 Å². The fourth-order valence-corrected chi connectivity index (χ4v) is 2.39. The predicted octanol–water partition coefficient (Wildman–Crippen LogP) is 2.62. The number of hydrogen-bond acceptors (Lipinski definition) is 4. The van der Waals surface area contributed by atoms with Crippen molar-refractivity contribution in [3.05, 3.63) is 11.6 Å². The highest BCUT2D eigenvalue weighted by atomic mass is 16.5. The van der Waals surface area contributed by atoms with E-state index < -0.39 is 0 Å². The molecule has 0 spiro atoms. The van der Waals surface area contributed by atoms with Crippen molar-refractivity contribution < 1.29 is 14.7 Å². The Balaban J connectivity index is 3.01. The molecule has 96 valence electrons. The third kappa shape index (κ3) is 3.08. The minimum absolute atomic E-state index is 0.143. The molecule has 1 rings (SSSR count). The first kappa shape index (κ1) is 13.7. The third-order valence-electron chi connectivity index (χ3n) is 3.28. The highest BCUT2D eigenvalue weighted by molar-refractivity contribution is 5.98. The molecule has 0 saturated heterocycles. The van der Waals surface area contributed by atoms with Crippen molar-refractivity contribution in [2.24, 2.45) is 22.9 Å². The number of carbonyl (C=O) groups excluding carboxylic acids is 1. The lowest BCUT2D eigenvalue weighted by Gasteiger charge is -2.32. The van der Waals surface area contributed by atoms with Crippen molar-refractivity contribution >= 4 is 11.7 Å². The van der Waals surface area contributed by atoms with E-state index in [1.54, 1.807) is 6.08 Å². The van der Waals surface area contributed by atoms with Gasteiger partial charge in [0.1, 0.15) is 0 Å². The van der Waals surface area contributed by atoms with Crippen LogP contribution in [-0.4, -0.2) is 23.5 Å². The molecule has 2 atom stereocenters. The minimum atomic E-state index is -0.208. The van der Waals surface area contributed by atoms with Crippen LogP contribution in [0.25, 0.3) is 0 Å². The van der Waals surface area contributed by atoms with Crippen molar-refractivity contribution in [1.29, 1.82) is 0 Å². The highest BCUT2D eigenvalue weighted by Gasteiger charge is 2.36. The monoisotopic (exact) mass is 239 g/mol. The Bertz CT molecular complexity index is 345. The molecule has 0 amide bonds. The summed E-state index contributed by atoms with van der Waals surface area (Å²) in [6, 6.07) is 0. The number of rotatable bonds is 3. The van der Waals surface area contributed by atoms with Gasteiger partial charge in [0.25, 0.3) is 0 Å². The molecule has 4 nitrogen and oxygen atoms in total. The van der Waals surface area contributed by atoms with Crippen LogP contribution in [0, 0.1) is 17.8 Å². The Morgan fingerprint density at radius 3 is 2.76 bits per heavy atom. The number of esters is 1. The van der Waals surface area contributed by atoms with Gasteiger partial charge in [-0.1, -0.05) is 24.6 Å². The molecule has 0 radical (unpaired) electrons. The molecule has 0 aliphatic heterocycles. The lowest BCUT2D eigenvalue weighted by atomic mass is 9.73. The lowest BCUT2D eigenvalue weighted by molar-refractivity contribution is -0.149. The highest BCUT2D eigenvalue weighted by Crippen LogP contribution is 2.35. The minimum Gasteiger partial charge on any atom is -0.466 e. The van der Waals surface area contributed by atoms with Crippen LogP contribution in [0.4, 0.5) is 0 Å². The molecule has 0 bridgehead atoms. The van der Waals surface area contributed by atoms with Crippen LogP contribution in [0.3, 0.4) is 0 Å². The second-order valence-electron chi connectivity index (χ2n) is 4.82. The van der Waals surface area contributed by atoms with Gasteiger partial charge in [-0.15, -0.1) is 0 Å². The first-order valence-electron chi connectivity index (χ1n) is 6.07. The largest absolute Gasteiger partial charge is 0.466 e. The van der Waals surface area contributed by atoms with E-state index in [1.807, 2.05) is 13.8 Å². The zero-order valence-electron chi connectivity index (χ0n) is 10.9. The zero-order chi connectivity index (χ0) is 13.0. The molecule has 0 unspecified atom stereocenters. The van der Waals surface area contributed by atoms with Crippen LogP contribution < -0.4 is 0 Å². The third-order valence-corrected chi connectivity index (χ3v) is 3.28. The second-order valence-corrected chi connectivity index (χ2v) is 4.82. The molecule has 1 aliphatic carbocycles. The summed E-state index contributed by atoms with van der Waals surface area (Å²) in [5.41, 5.74) is 1.56. The molecule has 17 heavy (non-hydrogen) atoms. The smallest absolute Gasteiger partial charge is 0.313 e. The number of ether oxygens (including phenoxy) is 1. The Labute approximate surface area is 102 Å². The maximum absolute atomic E-state index is 12.0. The molecule has 0 aromatic rings. The van der Waals surface area contributed by atoms with Crippen molar-refractivity contribution in [2.75, 3.05) is 6.61 Å². The van der Waals surface area contributed by atoms with Crippen LogP contribution in [-0.2, 0) is 9.53 Å². The van der Waals surface area contributed by atoms with Gasteiger partial charge in [0, 0.05) is 0 Å². The second kappa shape index (κ2) is 5.84. The van der Waals surface area contributed by atoms with E-state index in [2.05, 4.69) is 19.0 Å².